The summed E-state index contributed by atoms with van der Waals surface area (Å²) in [5, 5.41) is 3.46. The van der Waals surface area contributed by atoms with E-state index in [1.54, 1.807) is 0 Å². The molecule has 0 spiro atoms. The summed E-state index contributed by atoms with van der Waals surface area (Å²) >= 11 is 0. The fraction of sp³-hybridized carbons (Fsp3) is 1.00. The Kier molecular flexibility index (Phi) is 1.77. The van der Waals surface area contributed by atoms with Crippen LogP contribution < -0.4 is 11.1 Å². The van der Waals surface area contributed by atoms with E-state index in [9.17, 15) is 0 Å². The average Bonchev–Trinajstić information content (AvgIpc) is 2.08. The van der Waals surface area contributed by atoms with Crippen LogP contribution in [0.15, 0.2) is 0 Å². The summed E-state index contributed by atoms with van der Waals surface area (Å²) < 4.78 is 0. The quantitative estimate of drug-likeness (QED) is 0.566. The van der Waals surface area contributed by atoms with Crippen molar-refractivity contribution in [2.75, 3.05) is 13.1 Å². The fourth-order valence-corrected chi connectivity index (χ4v) is 1.79. The lowest BCUT2D eigenvalue weighted by Crippen LogP contribution is -2.31. The van der Waals surface area contributed by atoms with Crippen LogP contribution in [-0.4, -0.2) is 18.6 Å². The minimum Gasteiger partial charge on any atom is -0.330 e. The molecule has 1 atom stereocenters. The summed E-state index contributed by atoms with van der Waals surface area (Å²) in [6.45, 7) is 8.57. The lowest BCUT2D eigenvalue weighted by Gasteiger charge is -2.22. The van der Waals surface area contributed by atoms with Gasteiger partial charge in [0, 0.05) is 12.1 Å². The summed E-state index contributed by atoms with van der Waals surface area (Å²) in [4.78, 5) is 0. The predicted molar refractivity (Wildman–Crippen MR) is 43.9 cm³/mol. The van der Waals surface area contributed by atoms with Crippen molar-refractivity contribution in [2.45, 2.75) is 32.7 Å². The summed E-state index contributed by atoms with van der Waals surface area (Å²) in [5.74, 6) is 0. The van der Waals surface area contributed by atoms with E-state index >= 15 is 0 Å². The maximum absolute atomic E-state index is 5.65. The van der Waals surface area contributed by atoms with Crippen molar-refractivity contribution in [3.63, 3.8) is 0 Å². The number of hydrogen-bond donors (Lipinski definition) is 2. The second-order valence-corrected chi connectivity index (χ2v) is 4.43. The summed E-state index contributed by atoms with van der Waals surface area (Å²) in [6.07, 6.45) is 1.19. The minimum absolute atomic E-state index is 0.300. The third kappa shape index (κ3) is 1.50. The molecule has 1 fully saturated rings. The summed E-state index contributed by atoms with van der Waals surface area (Å²) in [7, 11) is 0. The van der Waals surface area contributed by atoms with Gasteiger partial charge in [-0.05, 0) is 32.2 Å². The van der Waals surface area contributed by atoms with Gasteiger partial charge in [-0.1, -0.05) is 6.92 Å². The first-order valence-corrected chi connectivity index (χ1v) is 3.93. The normalized spacial score (nSPS) is 38.4. The zero-order chi connectivity index (χ0) is 7.83. The minimum atomic E-state index is 0.300. The lowest BCUT2D eigenvalue weighted by atomic mass is 9.84. The molecule has 60 valence electrons. The van der Waals surface area contributed by atoms with Gasteiger partial charge in [-0.15, -0.1) is 0 Å². The van der Waals surface area contributed by atoms with E-state index < -0.39 is 0 Å². The molecule has 0 aromatic rings. The standard InChI is InChI=1S/C8H18N2/c1-7(2)4-8(3,5-9)6-10-7/h10H,4-6,9H2,1-3H3. The molecule has 0 aliphatic carbocycles. The van der Waals surface area contributed by atoms with Crippen LogP contribution in [0.3, 0.4) is 0 Å². The molecule has 0 aromatic heterocycles. The Morgan fingerprint density at radius 3 is 2.20 bits per heavy atom. The molecule has 2 heteroatoms. The van der Waals surface area contributed by atoms with Gasteiger partial charge >= 0.3 is 0 Å². The Balaban J connectivity index is 2.57. The summed E-state index contributed by atoms with van der Waals surface area (Å²) in [6, 6.07) is 0. The van der Waals surface area contributed by atoms with Crippen molar-refractivity contribution in [1.82, 2.24) is 5.32 Å². The van der Waals surface area contributed by atoms with E-state index in [0.29, 0.717) is 11.0 Å². The van der Waals surface area contributed by atoms with Gasteiger partial charge in [0.15, 0.2) is 0 Å². The number of hydrogen-bond acceptors (Lipinski definition) is 2. The average molecular weight is 142 g/mol. The van der Waals surface area contributed by atoms with Gasteiger partial charge in [0.05, 0.1) is 0 Å². The maximum atomic E-state index is 5.65. The van der Waals surface area contributed by atoms with Crippen LogP contribution in [-0.2, 0) is 0 Å². The first kappa shape index (κ1) is 8.02. The molecule has 10 heavy (non-hydrogen) atoms. The third-order valence-corrected chi connectivity index (χ3v) is 2.36. The Labute approximate surface area is 63.2 Å². The van der Waals surface area contributed by atoms with Gasteiger partial charge in [-0.3, -0.25) is 0 Å². The van der Waals surface area contributed by atoms with Crippen LogP contribution >= 0.6 is 0 Å². The van der Waals surface area contributed by atoms with Crippen molar-refractivity contribution >= 4 is 0 Å². The van der Waals surface area contributed by atoms with Crippen LogP contribution in [0.1, 0.15) is 27.2 Å². The predicted octanol–water partition coefficient (Wildman–Crippen LogP) is 0.723. The molecule has 1 unspecified atom stereocenters. The first-order chi connectivity index (χ1) is 4.47. The molecule has 1 heterocycles. The van der Waals surface area contributed by atoms with Crippen LogP contribution in [0.2, 0.25) is 0 Å². The summed E-state index contributed by atoms with van der Waals surface area (Å²) in [5.41, 5.74) is 6.29. The highest BCUT2D eigenvalue weighted by Gasteiger charge is 2.37. The van der Waals surface area contributed by atoms with Crippen LogP contribution in [0.5, 0.6) is 0 Å². The number of rotatable bonds is 1. The molecular weight excluding hydrogens is 124 g/mol. The van der Waals surface area contributed by atoms with Gasteiger partial charge < -0.3 is 11.1 Å². The number of nitrogens with one attached hydrogen (secondary N) is 1. The van der Waals surface area contributed by atoms with E-state index in [-0.39, 0.29) is 0 Å². The Morgan fingerprint density at radius 2 is 2.00 bits per heavy atom. The Morgan fingerprint density at radius 1 is 1.40 bits per heavy atom. The van der Waals surface area contributed by atoms with Gasteiger partial charge in [-0.25, -0.2) is 0 Å². The Hall–Kier alpha value is -0.0800. The zero-order valence-electron chi connectivity index (χ0n) is 7.20. The highest BCUT2D eigenvalue weighted by Crippen LogP contribution is 2.32. The van der Waals surface area contributed by atoms with Crippen molar-refractivity contribution in [3.05, 3.63) is 0 Å². The van der Waals surface area contributed by atoms with Crippen LogP contribution in [0, 0.1) is 5.41 Å². The molecule has 0 saturated carbocycles. The second-order valence-electron chi connectivity index (χ2n) is 4.43. The third-order valence-electron chi connectivity index (χ3n) is 2.36. The molecule has 1 saturated heterocycles. The van der Waals surface area contributed by atoms with Crippen molar-refractivity contribution in [2.24, 2.45) is 11.1 Å². The fourth-order valence-electron chi connectivity index (χ4n) is 1.79. The molecule has 0 bridgehead atoms. The van der Waals surface area contributed by atoms with Gasteiger partial charge in [-0.2, -0.15) is 0 Å². The molecule has 1 aliphatic rings. The Bertz CT molecular complexity index is 131. The molecule has 1 aliphatic heterocycles. The highest BCUT2D eigenvalue weighted by molar-refractivity contribution is 4.96. The van der Waals surface area contributed by atoms with Crippen LogP contribution in [0.4, 0.5) is 0 Å². The lowest BCUT2D eigenvalue weighted by molar-refractivity contribution is 0.344. The highest BCUT2D eigenvalue weighted by atomic mass is 15.0. The maximum Gasteiger partial charge on any atom is 0.0131 e. The topological polar surface area (TPSA) is 38.0 Å². The molecular formula is C8H18N2. The zero-order valence-corrected chi connectivity index (χ0v) is 7.20. The van der Waals surface area contributed by atoms with Crippen molar-refractivity contribution < 1.29 is 0 Å². The van der Waals surface area contributed by atoms with E-state index in [1.165, 1.54) is 6.42 Å². The molecule has 0 amide bonds. The smallest absolute Gasteiger partial charge is 0.0131 e. The monoisotopic (exact) mass is 142 g/mol. The van der Waals surface area contributed by atoms with Crippen molar-refractivity contribution in [3.8, 4) is 0 Å². The largest absolute Gasteiger partial charge is 0.330 e. The first-order valence-electron chi connectivity index (χ1n) is 3.93. The second kappa shape index (κ2) is 2.21. The molecule has 3 N–H and O–H groups in total. The number of nitrogens with two attached hydrogens (primary N) is 1. The molecule has 1 rings (SSSR count). The van der Waals surface area contributed by atoms with E-state index in [0.717, 1.165) is 13.1 Å². The van der Waals surface area contributed by atoms with Crippen LogP contribution in [0.25, 0.3) is 0 Å². The van der Waals surface area contributed by atoms with Gasteiger partial charge in [0.25, 0.3) is 0 Å². The van der Waals surface area contributed by atoms with Gasteiger partial charge in [0.1, 0.15) is 0 Å². The molecule has 2 nitrogen and oxygen atoms in total. The SMILES string of the molecule is CC1(CN)CNC(C)(C)C1. The van der Waals surface area contributed by atoms with E-state index in [4.69, 9.17) is 5.73 Å². The molecule has 0 aromatic carbocycles. The molecule has 0 radical (unpaired) electrons. The van der Waals surface area contributed by atoms with Gasteiger partial charge in [0.2, 0.25) is 0 Å². The van der Waals surface area contributed by atoms with E-state index in [2.05, 4.69) is 26.1 Å². The van der Waals surface area contributed by atoms with E-state index in [1.807, 2.05) is 0 Å². The van der Waals surface area contributed by atoms with Crippen molar-refractivity contribution in [1.29, 1.82) is 0 Å².